The fourth-order valence-corrected chi connectivity index (χ4v) is 2.42. The third-order valence-electron chi connectivity index (χ3n) is 3.26. The molecule has 0 fully saturated rings. The summed E-state index contributed by atoms with van der Waals surface area (Å²) in [5, 5.41) is 0. The lowest BCUT2D eigenvalue weighted by atomic mass is 10.0. The number of hydrogen-bond donors (Lipinski definition) is 0. The van der Waals surface area contributed by atoms with Gasteiger partial charge in [-0.3, -0.25) is 0 Å². The van der Waals surface area contributed by atoms with Gasteiger partial charge in [-0.1, -0.05) is 72.9 Å². The Labute approximate surface area is 138 Å². The summed E-state index contributed by atoms with van der Waals surface area (Å²) in [6, 6.07) is 6.12. The van der Waals surface area contributed by atoms with Crippen molar-refractivity contribution in [2.75, 3.05) is 5.88 Å². The van der Waals surface area contributed by atoms with E-state index in [1.54, 1.807) is 0 Å². The van der Waals surface area contributed by atoms with Gasteiger partial charge in [0.15, 0.2) is 0 Å². The second-order valence-electron chi connectivity index (χ2n) is 5.04. The summed E-state index contributed by atoms with van der Waals surface area (Å²) in [6.45, 7) is 2.05. The Hall–Kier alpha value is -1.99. The average molecular weight is 313 g/mol. The Bertz CT molecular complexity index is 621. The van der Waals surface area contributed by atoms with E-state index in [-0.39, 0.29) is 6.10 Å². The molecule has 0 aromatic heterocycles. The Morgan fingerprint density at radius 2 is 1.55 bits per heavy atom. The molecule has 0 aliphatic heterocycles. The molecule has 1 aromatic rings. The molecule has 0 N–H and O–H groups in total. The van der Waals surface area contributed by atoms with Gasteiger partial charge in [-0.15, -0.1) is 11.6 Å². The molecule has 1 nitrogen and oxygen atoms in total. The van der Waals surface area contributed by atoms with Crippen LogP contribution in [-0.4, -0.2) is 12.0 Å². The molecule has 0 unspecified atom stereocenters. The average Bonchev–Trinajstić information content (AvgIpc) is 2.49. The minimum atomic E-state index is 0.0983. The highest BCUT2D eigenvalue weighted by molar-refractivity contribution is 6.17. The molecule has 1 aliphatic carbocycles. The molecule has 1 aromatic carbocycles. The van der Waals surface area contributed by atoms with Crippen molar-refractivity contribution in [2.24, 2.45) is 0 Å². The van der Waals surface area contributed by atoms with Gasteiger partial charge < -0.3 is 4.74 Å². The van der Waals surface area contributed by atoms with Gasteiger partial charge in [0.1, 0.15) is 5.75 Å². The van der Waals surface area contributed by atoms with Crippen molar-refractivity contribution < 1.29 is 4.74 Å². The van der Waals surface area contributed by atoms with Crippen LogP contribution in [0.25, 0.3) is 12.2 Å². The zero-order chi connectivity index (χ0) is 15.6. The van der Waals surface area contributed by atoms with E-state index in [0.717, 1.165) is 23.3 Å². The summed E-state index contributed by atoms with van der Waals surface area (Å²) in [4.78, 5) is 0. The standard InChI is InChI=1S/C20H21ClO/c1-17(15-16-21)22-20-14-10-12-18-11-8-6-4-2-3-5-7-9-13-19(18)20/h2-14,17H,15-16H2,1H3/b3-2-,4-2?,5-3?,6-4-,7-5-,8-6?,9-7?,11-8?,13-9-,18-11?,19-13?/t17-/m0/s1. The van der Waals surface area contributed by atoms with Crippen molar-refractivity contribution in [1.29, 1.82) is 0 Å². The SMILES string of the molecule is C[C@@H](CCCl)Oc1cccc2c1\C=C/C=C\C=C/C=C\C=C2. The van der Waals surface area contributed by atoms with Gasteiger partial charge in [0.2, 0.25) is 0 Å². The molecule has 2 rings (SSSR count). The number of allylic oxidation sites excluding steroid dienone is 8. The van der Waals surface area contributed by atoms with Crippen LogP contribution >= 0.6 is 11.6 Å². The van der Waals surface area contributed by atoms with Crippen molar-refractivity contribution in [3.63, 3.8) is 0 Å². The Morgan fingerprint density at radius 1 is 0.909 bits per heavy atom. The third-order valence-corrected chi connectivity index (χ3v) is 3.48. The maximum atomic E-state index is 6.05. The molecule has 0 saturated heterocycles. The van der Waals surface area contributed by atoms with Gasteiger partial charge in [0, 0.05) is 11.4 Å². The fraction of sp³-hybridized carbons (Fsp3) is 0.200. The van der Waals surface area contributed by atoms with Crippen LogP contribution in [0.4, 0.5) is 0 Å². The summed E-state index contributed by atoms with van der Waals surface area (Å²) < 4.78 is 6.05. The lowest BCUT2D eigenvalue weighted by Gasteiger charge is -2.16. The molecular formula is C20H21ClO. The first-order valence-electron chi connectivity index (χ1n) is 7.51. The van der Waals surface area contributed by atoms with Gasteiger partial charge in [-0.2, -0.15) is 0 Å². The summed E-state index contributed by atoms with van der Waals surface area (Å²) in [6.07, 6.45) is 21.2. The highest BCUT2D eigenvalue weighted by atomic mass is 35.5. The van der Waals surface area contributed by atoms with Crippen LogP contribution in [0.5, 0.6) is 5.75 Å². The Balaban J connectivity index is 2.36. The van der Waals surface area contributed by atoms with Crippen LogP contribution in [0.1, 0.15) is 24.5 Å². The maximum Gasteiger partial charge on any atom is 0.127 e. The third kappa shape index (κ3) is 5.09. The first kappa shape index (κ1) is 16.4. The summed E-state index contributed by atoms with van der Waals surface area (Å²) in [5.74, 6) is 1.49. The molecule has 0 saturated carbocycles. The number of fused-ring (bicyclic) bond motifs is 1. The summed E-state index contributed by atoms with van der Waals surface area (Å²) >= 11 is 5.80. The lowest BCUT2D eigenvalue weighted by Crippen LogP contribution is -2.13. The predicted octanol–water partition coefficient (Wildman–Crippen LogP) is 5.79. The minimum Gasteiger partial charge on any atom is -0.490 e. The topological polar surface area (TPSA) is 9.23 Å². The number of halogens is 1. The number of hydrogen-bond acceptors (Lipinski definition) is 1. The van der Waals surface area contributed by atoms with E-state index in [2.05, 4.69) is 18.2 Å². The number of rotatable bonds is 4. The van der Waals surface area contributed by atoms with E-state index in [9.17, 15) is 0 Å². The molecule has 0 bridgehead atoms. The quantitative estimate of drug-likeness (QED) is 0.639. The zero-order valence-electron chi connectivity index (χ0n) is 12.8. The summed E-state index contributed by atoms with van der Waals surface area (Å²) in [7, 11) is 0. The normalized spacial score (nSPS) is 20.8. The monoisotopic (exact) mass is 312 g/mol. The van der Waals surface area contributed by atoms with Gasteiger partial charge in [-0.25, -0.2) is 0 Å². The van der Waals surface area contributed by atoms with Crippen LogP contribution < -0.4 is 4.74 Å². The predicted molar refractivity (Wildman–Crippen MR) is 97.4 cm³/mol. The first-order valence-corrected chi connectivity index (χ1v) is 8.05. The highest BCUT2D eigenvalue weighted by Gasteiger charge is 2.09. The van der Waals surface area contributed by atoms with Gasteiger partial charge in [0.25, 0.3) is 0 Å². The second kappa shape index (κ2) is 9.11. The molecule has 1 aliphatic rings. The molecule has 22 heavy (non-hydrogen) atoms. The van der Waals surface area contributed by atoms with Crippen molar-refractivity contribution in [3.05, 3.63) is 77.9 Å². The fourth-order valence-electron chi connectivity index (χ4n) is 2.11. The number of ether oxygens (including phenoxy) is 1. The van der Waals surface area contributed by atoms with Crippen molar-refractivity contribution in [2.45, 2.75) is 19.4 Å². The number of alkyl halides is 1. The van der Waals surface area contributed by atoms with Crippen molar-refractivity contribution in [3.8, 4) is 5.75 Å². The van der Waals surface area contributed by atoms with Crippen LogP contribution in [0, 0.1) is 0 Å². The largest absolute Gasteiger partial charge is 0.490 e. The smallest absolute Gasteiger partial charge is 0.127 e. The van der Waals surface area contributed by atoms with Crippen LogP contribution in [-0.2, 0) is 0 Å². The molecule has 1 atom stereocenters. The van der Waals surface area contributed by atoms with E-state index in [1.165, 1.54) is 0 Å². The molecule has 0 amide bonds. The minimum absolute atomic E-state index is 0.0983. The summed E-state index contributed by atoms with van der Waals surface area (Å²) in [5.41, 5.74) is 2.22. The van der Waals surface area contributed by atoms with E-state index in [0.29, 0.717) is 5.88 Å². The molecule has 114 valence electrons. The van der Waals surface area contributed by atoms with Gasteiger partial charge in [-0.05, 0) is 25.0 Å². The van der Waals surface area contributed by atoms with E-state index < -0.39 is 0 Å². The number of benzene rings is 1. The van der Waals surface area contributed by atoms with Crippen LogP contribution in [0.15, 0.2) is 66.8 Å². The Kier molecular flexibility index (Phi) is 6.79. The molecular weight excluding hydrogens is 292 g/mol. The molecule has 0 heterocycles. The first-order chi connectivity index (χ1) is 10.8. The van der Waals surface area contributed by atoms with Crippen molar-refractivity contribution >= 4 is 23.8 Å². The zero-order valence-corrected chi connectivity index (χ0v) is 13.5. The second-order valence-corrected chi connectivity index (χ2v) is 5.42. The van der Waals surface area contributed by atoms with Crippen LogP contribution in [0.3, 0.4) is 0 Å². The van der Waals surface area contributed by atoms with Crippen molar-refractivity contribution in [1.82, 2.24) is 0 Å². The van der Waals surface area contributed by atoms with Crippen LogP contribution in [0.2, 0.25) is 0 Å². The molecule has 2 heteroatoms. The van der Waals surface area contributed by atoms with E-state index >= 15 is 0 Å². The highest BCUT2D eigenvalue weighted by Crippen LogP contribution is 2.27. The van der Waals surface area contributed by atoms with E-state index in [1.807, 2.05) is 67.7 Å². The van der Waals surface area contributed by atoms with Gasteiger partial charge >= 0.3 is 0 Å². The molecule has 0 spiro atoms. The lowest BCUT2D eigenvalue weighted by molar-refractivity contribution is 0.218. The maximum absolute atomic E-state index is 6.05. The van der Waals surface area contributed by atoms with Gasteiger partial charge in [0.05, 0.1) is 6.10 Å². The Morgan fingerprint density at radius 3 is 2.23 bits per heavy atom. The van der Waals surface area contributed by atoms with E-state index in [4.69, 9.17) is 16.3 Å². The molecule has 0 radical (unpaired) electrons.